The van der Waals surface area contributed by atoms with Gasteiger partial charge in [0.2, 0.25) is 0 Å². The molecule has 0 bridgehead atoms. The number of aromatic nitrogens is 3. The Hall–Kier alpha value is -1.43. The Labute approximate surface area is 63.6 Å². The number of amides is 1. The average molecular weight is 155 g/mol. The van der Waals surface area contributed by atoms with Crippen molar-refractivity contribution in [2.45, 2.75) is 0 Å². The van der Waals surface area contributed by atoms with E-state index in [-0.39, 0.29) is 11.6 Å². The molecule has 1 amide bonds. The van der Waals surface area contributed by atoms with Crippen LogP contribution in [0.5, 0.6) is 0 Å². The van der Waals surface area contributed by atoms with Crippen molar-refractivity contribution in [2.75, 3.05) is 14.1 Å². The number of carbonyl (C=O) groups is 1. The van der Waals surface area contributed by atoms with Crippen LogP contribution in [-0.4, -0.2) is 40.4 Å². The fourth-order valence-electron chi connectivity index (χ4n) is 0.571. The summed E-state index contributed by atoms with van der Waals surface area (Å²) >= 11 is 0. The molecule has 60 valence electrons. The number of hydrazine groups is 1. The van der Waals surface area contributed by atoms with Crippen molar-refractivity contribution in [3.05, 3.63) is 11.9 Å². The van der Waals surface area contributed by atoms with Crippen LogP contribution in [0.25, 0.3) is 0 Å². The van der Waals surface area contributed by atoms with Crippen LogP contribution in [0.1, 0.15) is 10.5 Å². The Morgan fingerprint density at radius 2 is 2.45 bits per heavy atom. The Kier molecular flexibility index (Phi) is 2.17. The fourth-order valence-corrected chi connectivity index (χ4v) is 0.571. The molecule has 0 aliphatic carbocycles. The number of hydrogen-bond acceptors (Lipinski definition) is 4. The molecule has 0 spiro atoms. The lowest BCUT2D eigenvalue weighted by molar-refractivity contribution is 0.0851. The molecule has 0 radical (unpaired) electrons. The lowest BCUT2D eigenvalue weighted by Crippen LogP contribution is -2.36. The van der Waals surface area contributed by atoms with E-state index in [0.29, 0.717) is 0 Å². The third-order valence-electron chi connectivity index (χ3n) is 0.973. The third-order valence-corrected chi connectivity index (χ3v) is 0.973. The topological polar surface area (TPSA) is 73.9 Å². The quantitative estimate of drug-likeness (QED) is 0.538. The predicted octanol–water partition coefficient (Wildman–Crippen LogP) is -0.989. The van der Waals surface area contributed by atoms with Crippen molar-refractivity contribution in [1.29, 1.82) is 0 Å². The zero-order chi connectivity index (χ0) is 8.27. The summed E-state index contributed by atoms with van der Waals surface area (Å²) in [5.41, 5.74) is 2.79. The molecule has 0 aliphatic heterocycles. The second-order valence-electron chi connectivity index (χ2n) is 2.19. The van der Waals surface area contributed by atoms with Crippen molar-refractivity contribution in [3.63, 3.8) is 0 Å². The molecule has 1 heterocycles. The van der Waals surface area contributed by atoms with Gasteiger partial charge in [-0.05, 0) is 0 Å². The molecule has 6 nitrogen and oxygen atoms in total. The molecule has 0 aromatic carbocycles. The first-order valence-corrected chi connectivity index (χ1v) is 3.04. The van der Waals surface area contributed by atoms with Crippen molar-refractivity contribution in [3.8, 4) is 0 Å². The number of carbonyl (C=O) groups excluding carboxylic acids is 1. The van der Waals surface area contributed by atoms with Gasteiger partial charge in [0.25, 0.3) is 5.91 Å². The van der Waals surface area contributed by atoms with Crippen LogP contribution in [0.2, 0.25) is 0 Å². The molecule has 6 heteroatoms. The molecule has 0 unspecified atom stereocenters. The average Bonchev–Trinajstić information content (AvgIpc) is 2.35. The first-order chi connectivity index (χ1) is 5.20. The van der Waals surface area contributed by atoms with Crippen LogP contribution in [-0.2, 0) is 0 Å². The first kappa shape index (κ1) is 7.67. The van der Waals surface area contributed by atoms with Gasteiger partial charge in [-0.25, -0.2) is 5.01 Å². The molecule has 2 N–H and O–H groups in total. The lowest BCUT2D eigenvalue weighted by atomic mass is 10.5. The van der Waals surface area contributed by atoms with E-state index in [4.69, 9.17) is 0 Å². The largest absolute Gasteiger partial charge is 0.287 e. The highest BCUT2D eigenvalue weighted by Crippen LogP contribution is 1.86. The zero-order valence-corrected chi connectivity index (χ0v) is 6.33. The maximum atomic E-state index is 11.0. The Morgan fingerprint density at radius 1 is 1.73 bits per heavy atom. The van der Waals surface area contributed by atoms with Crippen LogP contribution < -0.4 is 5.43 Å². The molecule has 1 aromatic rings. The van der Waals surface area contributed by atoms with E-state index in [0.717, 1.165) is 0 Å². The summed E-state index contributed by atoms with van der Waals surface area (Å²) in [6, 6.07) is 0. The number of hydrogen-bond donors (Lipinski definition) is 2. The molecule has 0 fully saturated rings. The molecule has 0 saturated heterocycles. The summed E-state index contributed by atoms with van der Waals surface area (Å²) in [7, 11) is 3.44. The van der Waals surface area contributed by atoms with Gasteiger partial charge in [-0.15, -0.1) is 0 Å². The van der Waals surface area contributed by atoms with Crippen LogP contribution >= 0.6 is 0 Å². The van der Waals surface area contributed by atoms with E-state index < -0.39 is 0 Å². The summed E-state index contributed by atoms with van der Waals surface area (Å²) in [4.78, 5) is 11.0. The highest BCUT2D eigenvalue weighted by molar-refractivity contribution is 5.91. The SMILES string of the molecule is CN(C)NC(=O)c1cn[nH]n1. The number of rotatable bonds is 2. The number of aromatic amines is 1. The summed E-state index contributed by atoms with van der Waals surface area (Å²) in [6.45, 7) is 0. The van der Waals surface area contributed by atoms with Crippen molar-refractivity contribution in [1.82, 2.24) is 25.8 Å². The summed E-state index contributed by atoms with van der Waals surface area (Å²) in [5.74, 6) is -0.274. The third kappa shape index (κ3) is 2.01. The lowest BCUT2D eigenvalue weighted by Gasteiger charge is -2.09. The highest BCUT2D eigenvalue weighted by atomic mass is 16.2. The van der Waals surface area contributed by atoms with Gasteiger partial charge >= 0.3 is 0 Å². The predicted molar refractivity (Wildman–Crippen MR) is 37.5 cm³/mol. The minimum Gasteiger partial charge on any atom is -0.284 e. The summed E-state index contributed by atoms with van der Waals surface area (Å²) in [5, 5.41) is 11.0. The van der Waals surface area contributed by atoms with Gasteiger partial charge in [-0.2, -0.15) is 15.4 Å². The van der Waals surface area contributed by atoms with Gasteiger partial charge in [0.1, 0.15) is 0 Å². The second kappa shape index (κ2) is 3.11. The van der Waals surface area contributed by atoms with Crippen LogP contribution in [0.4, 0.5) is 0 Å². The molecular weight excluding hydrogens is 146 g/mol. The van der Waals surface area contributed by atoms with Gasteiger partial charge in [-0.3, -0.25) is 10.2 Å². The Bertz CT molecular complexity index is 229. The van der Waals surface area contributed by atoms with Crippen molar-refractivity contribution in [2.24, 2.45) is 0 Å². The monoisotopic (exact) mass is 155 g/mol. The highest BCUT2D eigenvalue weighted by Gasteiger charge is 2.07. The van der Waals surface area contributed by atoms with E-state index in [2.05, 4.69) is 20.8 Å². The van der Waals surface area contributed by atoms with Gasteiger partial charge in [0.15, 0.2) is 5.69 Å². The maximum absolute atomic E-state index is 11.0. The molecule has 0 saturated carbocycles. The molecule has 1 aromatic heterocycles. The van der Waals surface area contributed by atoms with Crippen LogP contribution in [0, 0.1) is 0 Å². The van der Waals surface area contributed by atoms with Crippen molar-refractivity contribution < 1.29 is 4.79 Å². The second-order valence-corrected chi connectivity index (χ2v) is 2.19. The van der Waals surface area contributed by atoms with Gasteiger partial charge in [-0.1, -0.05) is 0 Å². The molecule has 0 aliphatic rings. The number of H-pyrrole nitrogens is 1. The van der Waals surface area contributed by atoms with Crippen LogP contribution in [0.15, 0.2) is 6.20 Å². The molecule has 0 atom stereocenters. The first-order valence-electron chi connectivity index (χ1n) is 3.04. The Balaban J connectivity index is 2.57. The molecule has 11 heavy (non-hydrogen) atoms. The molecular formula is C5H9N5O. The van der Waals surface area contributed by atoms with Crippen LogP contribution in [0.3, 0.4) is 0 Å². The van der Waals surface area contributed by atoms with E-state index in [9.17, 15) is 4.79 Å². The summed E-state index contributed by atoms with van der Waals surface area (Å²) in [6.07, 6.45) is 1.36. The van der Waals surface area contributed by atoms with Crippen molar-refractivity contribution >= 4 is 5.91 Å². The van der Waals surface area contributed by atoms with Gasteiger partial charge < -0.3 is 0 Å². The standard InChI is InChI=1S/C5H9N5O/c1-10(2)8-5(11)4-3-6-9-7-4/h3H,1-2H3,(H,8,11)(H,6,7,9). The molecule has 1 rings (SSSR count). The van der Waals surface area contributed by atoms with E-state index in [1.807, 2.05) is 0 Å². The normalized spacial score (nSPS) is 10.1. The number of nitrogens with one attached hydrogen (secondary N) is 2. The smallest absolute Gasteiger partial charge is 0.284 e. The van der Waals surface area contributed by atoms with E-state index >= 15 is 0 Å². The van der Waals surface area contributed by atoms with Gasteiger partial charge in [0, 0.05) is 14.1 Å². The minimum absolute atomic E-state index is 0.274. The van der Waals surface area contributed by atoms with E-state index in [1.54, 1.807) is 14.1 Å². The maximum Gasteiger partial charge on any atom is 0.287 e. The zero-order valence-electron chi connectivity index (χ0n) is 6.33. The fraction of sp³-hybridized carbons (Fsp3) is 0.400. The Morgan fingerprint density at radius 3 is 2.91 bits per heavy atom. The summed E-state index contributed by atoms with van der Waals surface area (Å²) < 4.78 is 0. The number of nitrogens with zero attached hydrogens (tertiary/aromatic N) is 3. The van der Waals surface area contributed by atoms with E-state index in [1.165, 1.54) is 11.2 Å². The minimum atomic E-state index is -0.274. The van der Waals surface area contributed by atoms with Gasteiger partial charge in [0.05, 0.1) is 6.20 Å².